The number of hydrogen-bond acceptors (Lipinski definition) is 6. The molecule has 1 aliphatic rings. The summed E-state index contributed by atoms with van der Waals surface area (Å²) in [6.07, 6.45) is 1.06. The van der Waals surface area contributed by atoms with Crippen molar-refractivity contribution in [2.75, 3.05) is 6.54 Å². The van der Waals surface area contributed by atoms with E-state index in [-0.39, 0.29) is 24.1 Å². The van der Waals surface area contributed by atoms with Crippen LogP contribution in [0, 0.1) is 0 Å². The Morgan fingerprint density at radius 2 is 1.54 bits per heavy atom. The van der Waals surface area contributed by atoms with Crippen molar-refractivity contribution in [2.45, 2.75) is 6.42 Å². The molecule has 0 aromatic heterocycles. The molecule has 0 saturated carbocycles. The second kappa shape index (κ2) is 8.15. The lowest BCUT2D eigenvalue weighted by Gasteiger charge is -2.12. The summed E-state index contributed by atoms with van der Waals surface area (Å²) in [6, 6.07) is 14.9. The Hall–Kier alpha value is -3.30. The lowest BCUT2D eigenvalue weighted by molar-refractivity contribution is -0.168. The van der Waals surface area contributed by atoms with Gasteiger partial charge in [0.15, 0.2) is 0 Å². The monoisotopic (exact) mass is 400 g/mol. The van der Waals surface area contributed by atoms with Gasteiger partial charge >= 0.3 is 5.97 Å². The molecule has 0 atom stereocenters. The summed E-state index contributed by atoms with van der Waals surface area (Å²) in [4.78, 5) is 40.9. The van der Waals surface area contributed by atoms with Crippen LogP contribution in [0.3, 0.4) is 0 Å². The van der Waals surface area contributed by atoms with Crippen molar-refractivity contribution < 1.29 is 27.6 Å². The molecule has 0 fully saturated rings. The van der Waals surface area contributed by atoms with E-state index in [0.717, 1.165) is 5.41 Å². The average Bonchev–Trinajstić information content (AvgIpc) is 2.92. The van der Waals surface area contributed by atoms with Crippen molar-refractivity contribution >= 4 is 33.9 Å². The van der Waals surface area contributed by atoms with Crippen LogP contribution in [0.25, 0.3) is 6.08 Å². The molecule has 1 heterocycles. The second-order valence-electron chi connectivity index (χ2n) is 5.82. The molecule has 0 saturated heterocycles. The molecule has 144 valence electrons. The van der Waals surface area contributed by atoms with E-state index in [1.165, 1.54) is 18.2 Å². The summed E-state index contributed by atoms with van der Waals surface area (Å²) in [6.45, 7) is -0.247. The zero-order chi connectivity index (χ0) is 20.1. The van der Waals surface area contributed by atoms with Gasteiger partial charge in [-0.25, -0.2) is 17.9 Å². The fourth-order valence-electron chi connectivity index (χ4n) is 2.47. The van der Waals surface area contributed by atoms with Gasteiger partial charge in [-0.2, -0.15) is 0 Å². The number of carbonyl (C=O) groups excluding carboxylic acids is 3. The van der Waals surface area contributed by atoms with Gasteiger partial charge in [-0.15, -0.1) is 0 Å². The minimum absolute atomic E-state index is 0.145. The molecule has 0 radical (unpaired) electrons. The van der Waals surface area contributed by atoms with Gasteiger partial charge in [0.25, 0.3) is 11.8 Å². The van der Waals surface area contributed by atoms with Crippen LogP contribution >= 0.6 is 0 Å². The summed E-state index contributed by atoms with van der Waals surface area (Å²) < 4.78 is 26.0. The zero-order valence-electron chi connectivity index (χ0n) is 14.6. The molecule has 9 heteroatoms. The van der Waals surface area contributed by atoms with Gasteiger partial charge in [0, 0.05) is 12.0 Å². The largest absolute Gasteiger partial charge is 0.334 e. The van der Waals surface area contributed by atoms with Crippen molar-refractivity contribution in [1.29, 1.82) is 0 Å². The van der Waals surface area contributed by atoms with E-state index in [0.29, 0.717) is 10.6 Å². The lowest BCUT2D eigenvalue weighted by Crippen LogP contribution is -2.34. The number of hydroxylamine groups is 2. The van der Waals surface area contributed by atoms with Crippen LogP contribution in [-0.4, -0.2) is 37.8 Å². The van der Waals surface area contributed by atoms with E-state index >= 15 is 0 Å². The van der Waals surface area contributed by atoms with E-state index in [9.17, 15) is 22.8 Å². The molecule has 1 N–H and O–H groups in total. The van der Waals surface area contributed by atoms with Gasteiger partial charge < -0.3 is 4.84 Å². The highest BCUT2D eigenvalue weighted by molar-refractivity contribution is 7.92. The fourth-order valence-corrected chi connectivity index (χ4v) is 3.29. The van der Waals surface area contributed by atoms with Crippen LogP contribution in [0.4, 0.5) is 0 Å². The number of nitrogens with one attached hydrogen (secondary N) is 1. The molecule has 0 bridgehead atoms. The normalized spacial score (nSPS) is 13.8. The Kier molecular flexibility index (Phi) is 5.67. The van der Waals surface area contributed by atoms with Gasteiger partial charge in [-0.1, -0.05) is 47.5 Å². The molecule has 1 aliphatic heterocycles. The Morgan fingerprint density at radius 3 is 2.14 bits per heavy atom. The predicted octanol–water partition coefficient (Wildman–Crippen LogP) is 1.72. The van der Waals surface area contributed by atoms with Crippen LogP contribution in [0.15, 0.2) is 60.0 Å². The number of sulfonamides is 1. The first-order valence-corrected chi connectivity index (χ1v) is 9.83. The first-order chi connectivity index (χ1) is 13.4. The average molecular weight is 400 g/mol. The van der Waals surface area contributed by atoms with Gasteiger partial charge in [0.05, 0.1) is 17.5 Å². The number of fused-ring (bicyclic) bond motifs is 1. The maximum atomic E-state index is 12.1. The quantitative estimate of drug-likeness (QED) is 0.709. The van der Waals surface area contributed by atoms with Gasteiger partial charge in [-0.05, 0) is 23.8 Å². The van der Waals surface area contributed by atoms with E-state index in [1.807, 2.05) is 6.07 Å². The second-order valence-corrected chi connectivity index (χ2v) is 7.47. The molecule has 2 amide bonds. The molecule has 3 rings (SSSR count). The molecular formula is C19H16N2O6S. The van der Waals surface area contributed by atoms with E-state index < -0.39 is 27.8 Å². The van der Waals surface area contributed by atoms with E-state index in [1.54, 1.807) is 36.4 Å². The van der Waals surface area contributed by atoms with Gasteiger partial charge in [0.1, 0.15) is 0 Å². The fraction of sp³-hybridized carbons (Fsp3) is 0.105. The highest BCUT2D eigenvalue weighted by atomic mass is 32.2. The van der Waals surface area contributed by atoms with Crippen LogP contribution in [-0.2, 0) is 19.7 Å². The molecule has 2 aromatic rings. The molecule has 2 aromatic carbocycles. The van der Waals surface area contributed by atoms with Gasteiger partial charge in [-0.3, -0.25) is 9.59 Å². The third-order valence-electron chi connectivity index (χ3n) is 3.82. The standard InChI is InChI=1S/C19H16N2O6S/c22-17(27-21-18(23)15-8-4-5-9-16(15)19(21)24)10-12-20-28(25,26)13-11-14-6-2-1-3-7-14/h1-9,11,13,20H,10,12H2/b13-11+. The number of benzene rings is 2. The van der Waals surface area contributed by atoms with Crippen LogP contribution < -0.4 is 4.72 Å². The SMILES string of the molecule is O=C(CCNS(=O)(=O)/C=C/c1ccccc1)ON1C(=O)c2ccccc2C1=O. The molecule has 28 heavy (non-hydrogen) atoms. The van der Waals surface area contributed by atoms with Crippen molar-refractivity contribution in [1.82, 2.24) is 9.79 Å². The predicted molar refractivity (Wildman–Crippen MR) is 100 cm³/mol. The minimum Gasteiger partial charge on any atom is -0.330 e. The summed E-state index contributed by atoms with van der Waals surface area (Å²) >= 11 is 0. The first-order valence-electron chi connectivity index (χ1n) is 8.29. The topological polar surface area (TPSA) is 110 Å². The number of amides is 2. The Bertz CT molecular complexity index is 1010. The van der Waals surface area contributed by atoms with Crippen molar-refractivity contribution in [3.05, 3.63) is 76.7 Å². The minimum atomic E-state index is -3.75. The van der Waals surface area contributed by atoms with Crippen molar-refractivity contribution in [3.8, 4) is 0 Å². The highest BCUT2D eigenvalue weighted by Crippen LogP contribution is 2.22. The van der Waals surface area contributed by atoms with Crippen LogP contribution in [0.2, 0.25) is 0 Å². The summed E-state index contributed by atoms with van der Waals surface area (Å²) in [5.74, 6) is -2.38. The molecular weight excluding hydrogens is 384 g/mol. The number of hydrogen-bond donors (Lipinski definition) is 1. The Balaban J connectivity index is 1.51. The molecule has 8 nitrogen and oxygen atoms in total. The number of rotatable bonds is 7. The summed E-state index contributed by atoms with van der Waals surface area (Å²) in [7, 11) is -3.75. The van der Waals surface area contributed by atoms with E-state index in [2.05, 4.69) is 4.72 Å². The molecule has 0 aliphatic carbocycles. The van der Waals surface area contributed by atoms with Crippen molar-refractivity contribution in [2.24, 2.45) is 0 Å². The highest BCUT2D eigenvalue weighted by Gasteiger charge is 2.38. The van der Waals surface area contributed by atoms with Crippen molar-refractivity contribution in [3.63, 3.8) is 0 Å². The Labute approximate surface area is 161 Å². The lowest BCUT2D eigenvalue weighted by atomic mass is 10.1. The first kappa shape index (κ1) is 19.5. The summed E-state index contributed by atoms with van der Waals surface area (Å²) in [5.41, 5.74) is 0.997. The third kappa shape index (κ3) is 4.51. The third-order valence-corrected chi connectivity index (χ3v) is 4.92. The zero-order valence-corrected chi connectivity index (χ0v) is 15.4. The number of carbonyl (C=O) groups is 3. The van der Waals surface area contributed by atoms with Gasteiger partial charge in [0.2, 0.25) is 10.0 Å². The number of imide groups is 1. The van der Waals surface area contributed by atoms with Crippen LogP contribution in [0.5, 0.6) is 0 Å². The molecule has 0 unspecified atom stereocenters. The number of nitrogens with zero attached hydrogens (tertiary/aromatic N) is 1. The van der Waals surface area contributed by atoms with Crippen LogP contribution in [0.1, 0.15) is 32.7 Å². The molecule has 0 spiro atoms. The maximum absolute atomic E-state index is 12.1. The van der Waals surface area contributed by atoms with E-state index in [4.69, 9.17) is 4.84 Å². The summed E-state index contributed by atoms with van der Waals surface area (Å²) in [5, 5.41) is 1.37. The Morgan fingerprint density at radius 1 is 0.964 bits per heavy atom. The maximum Gasteiger partial charge on any atom is 0.334 e. The smallest absolute Gasteiger partial charge is 0.330 e.